The quantitative estimate of drug-likeness (QED) is 0.738. The van der Waals surface area contributed by atoms with E-state index in [2.05, 4.69) is 39.0 Å². The van der Waals surface area contributed by atoms with Crippen LogP contribution in [0, 0.1) is 5.41 Å². The Morgan fingerprint density at radius 2 is 1.92 bits per heavy atom. The molecule has 0 aliphatic rings. The average Bonchev–Trinajstić information content (AvgIpc) is 1.99. The third kappa shape index (κ3) is 6.36. The number of likely N-dealkylation sites (N-methyl/N-ethyl adjacent to an activating group) is 1. The van der Waals surface area contributed by atoms with Gasteiger partial charge in [0.2, 0.25) is 0 Å². The molecular weight excluding hydrogens is 180 g/mol. The predicted octanol–water partition coefficient (Wildman–Crippen LogP) is 1.65. The predicted molar refractivity (Wildman–Crippen MR) is 63.3 cm³/mol. The van der Waals surface area contributed by atoms with Crippen molar-refractivity contribution in [2.24, 2.45) is 11.1 Å². The highest BCUT2D eigenvalue weighted by molar-refractivity contribution is 7.98. The van der Waals surface area contributed by atoms with E-state index in [-0.39, 0.29) is 11.5 Å². The molecule has 1 unspecified atom stereocenters. The highest BCUT2D eigenvalue weighted by atomic mass is 32.2. The minimum atomic E-state index is 0.216. The van der Waals surface area contributed by atoms with Crippen molar-refractivity contribution in [1.29, 1.82) is 0 Å². The van der Waals surface area contributed by atoms with Crippen LogP contribution in [-0.4, -0.2) is 43.1 Å². The van der Waals surface area contributed by atoms with Crippen LogP contribution in [0.4, 0.5) is 0 Å². The number of hydrogen-bond donors (Lipinski definition) is 1. The summed E-state index contributed by atoms with van der Waals surface area (Å²) in [4.78, 5) is 2.31. The zero-order valence-electron chi connectivity index (χ0n) is 9.63. The molecule has 2 N–H and O–H groups in total. The zero-order chi connectivity index (χ0) is 10.5. The van der Waals surface area contributed by atoms with Crippen LogP contribution >= 0.6 is 11.8 Å². The zero-order valence-corrected chi connectivity index (χ0v) is 10.4. The molecular formula is C10H24N2S. The molecule has 0 fully saturated rings. The summed E-state index contributed by atoms with van der Waals surface area (Å²) in [5, 5.41) is 0. The second kappa shape index (κ2) is 5.89. The maximum Gasteiger partial charge on any atom is 0.0217 e. The molecule has 0 saturated carbocycles. The monoisotopic (exact) mass is 204 g/mol. The van der Waals surface area contributed by atoms with Crippen LogP contribution < -0.4 is 5.73 Å². The molecule has 1 atom stereocenters. The van der Waals surface area contributed by atoms with Gasteiger partial charge < -0.3 is 10.6 Å². The standard InChI is InChI=1S/C10H24N2S/c1-10(2,3)9(11)8-12(4)6-7-13-5/h9H,6-8,11H2,1-5H3. The van der Waals surface area contributed by atoms with E-state index < -0.39 is 0 Å². The Labute approximate surface area is 87.2 Å². The van der Waals surface area contributed by atoms with E-state index in [1.54, 1.807) is 0 Å². The molecule has 0 amide bonds. The summed E-state index contributed by atoms with van der Waals surface area (Å²) < 4.78 is 0. The number of rotatable bonds is 5. The molecule has 0 aromatic rings. The fraction of sp³-hybridized carbons (Fsp3) is 1.00. The van der Waals surface area contributed by atoms with Crippen molar-refractivity contribution in [3.05, 3.63) is 0 Å². The smallest absolute Gasteiger partial charge is 0.0217 e. The molecule has 0 aliphatic carbocycles. The van der Waals surface area contributed by atoms with Crippen LogP contribution in [0.3, 0.4) is 0 Å². The van der Waals surface area contributed by atoms with Gasteiger partial charge in [-0.25, -0.2) is 0 Å². The van der Waals surface area contributed by atoms with Gasteiger partial charge in [-0.05, 0) is 18.7 Å². The van der Waals surface area contributed by atoms with E-state index in [1.807, 2.05) is 11.8 Å². The van der Waals surface area contributed by atoms with Gasteiger partial charge in [0.1, 0.15) is 0 Å². The summed E-state index contributed by atoms with van der Waals surface area (Å²) in [6.07, 6.45) is 2.14. The number of nitrogens with zero attached hydrogens (tertiary/aromatic N) is 1. The van der Waals surface area contributed by atoms with Crippen molar-refractivity contribution in [3.63, 3.8) is 0 Å². The van der Waals surface area contributed by atoms with Crippen LogP contribution in [0.1, 0.15) is 20.8 Å². The van der Waals surface area contributed by atoms with Crippen molar-refractivity contribution in [3.8, 4) is 0 Å². The Morgan fingerprint density at radius 3 is 2.31 bits per heavy atom. The Hall–Kier alpha value is 0.270. The minimum Gasteiger partial charge on any atom is -0.326 e. The van der Waals surface area contributed by atoms with Gasteiger partial charge in [-0.15, -0.1) is 0 Å². The topological polar surface area (TPSA) is 29.3 Å². The van der Waals surface area contributed by atoms with Crippen LogP contribution in [0.2, 0.25) is 0 Å². The lowest BCUT2D eigenvalue weighted by Crippen LogP contribution is -2.44. The Balaban J connectivity index is 3.71. The number of hydrogen-bond acceptors (Lipinski definition) is 3. The van der Waals surface area contributed by atoms with Crippen molar-refractivity contribution in [1.82, 2.24) is 4.90 Å². The van der Waals surface area contributed by atoms with Gasteiger partial charge in [0.15, 0.2) is 0 Å². The van der Waals surface area contributed by atoms with Gasteiger partial charge >= 0.3 is 0 Å². The molecule has 0 aliphatic heterocycles. The van der Waals surface area contributed by atoms with Gasteiger partial charge in [-0.2, -0.15) is 11.8 Å². The molecule has 0 radical (unpaired) electrons. The fourth-order valence-corrected chi connectivity index (χ4v) is 1.44. The second-order valence-electron chi connectivity index (χ2n) is 4.73. The largest absolute Gasteiger partial charge is 0.326 e. The van der Waals surface area contributed by atoms with Crippen LogP contribution in [0.25, 0.3) is 0 Å². The summed E-state index contributed by atoms with van der Waals surface area (Å²) in [5.41, 5.74) is 6.29. The first kappa shape index (κ1) is 13.3. The van der Waals surface area contributed by atoms with Gasteiger partial charge in [-0.3, -0.25) is 0 Å². The summed E-state index contributed by atoms with van der Waals surface area (Å²) in [5.74, 6) is 1.19. The van der Waals surface area contributed by atoms with E-state index >= 15 is 0 Å². The fourth-order valence-electron chi connectivity index (χ4n) is 0.948. The second-order valence-corrected chi connectivity index (χ2v) is 5.71. The summed E-state index contributed by atoms with van der Waals surface area (Å²) in [7, 11) is 2.14. The van der Waals surface area contributed by atoms with E-state index in [0.29, 0.717) is 0 Å². The third-order valence-electron chi connectivity index (χ3n) is 2.30. The SMILES string of the molecule is CSCCN(C)CC(N)C(C)(C)C. The van der Waals surface area contributed by atoms with Crippen LogP contribution in [-0.2, 0) is 0 Å². The normalized spacial score (nSPS) is 15.0. The summed E-state index contributed by atoms with van der Waals surface area (Å²) >= 11 is 1.88. The molecule has 13 heavy (non-hydrogen) atoms. The molecule has 2 nitrogen and oxygen atoms in total. The third-order valence-corrected chi connectivity index (χ3v) is 2.89. The van der Waals surface area contributed by atoms with Crippen LogP contribution in [0.5, 0.6) is 0 Å². The maximum atomic E-state index is 6.07. The Bertz CT molecular complexity index is 131. The number of nitrogens with two attached hydrogens (primary N) is 1. The maximum absolute atomic E-state index is 6.07. The average molecular weight is 204 g/mol. The molecule has 0 rings (SSSR count). The Kier molecular flexibility index (Phi) is 6.01. The van der Waals surface area contributed by atoms with E-state index in [1.165, 1.54) is 5.75 Å². The molecule has 80 valence electrons. The van der Waals surface area contributed by atoms with Gasteiger partial charge in [0, 0.05) is 24.9 Å². The van der Waals surface area contributed by atoms with E-state index in [0.717, 1.165) is 13.1 Å². The van der Waals surface area contributed by atoms with Gasteiger partial charge in [0.05, 0.1) is 0 Å². The molecule has 0 heterocycles. The lowest BCUT2D eigenvalue weighted by atomic mass is 9.87. The molecule has 0 bridgehead atoms. The molecule has 3 heteroatoms. The first-order chi connectivity index (χ1) is 5.88. The molecule has 0 aromatic heterocycles. The van der Waals surface area contributed by atoms with Crippen molar-refractivity contribution in [2.75, 3.05) is 32.1 Å². The van der Waals surface area contributed by atoms with E-state index in [4.69, 9.17) is 5.73 Å². The highest BCUT2D eigenvalue weighted by Crippen LogP contribution is 2.17. The first-order valence-electron chi connectivity index (χ1n) is 4.81. The molecule has 0 aromatic carbocycles. The number of thioether (sulfide) groups is 1. The van der Waals surface area contributed by atoms with E-state index in [9.17, 15) is 0 Å². The Morgan fingerprint density at radius 1 is 1.38 bits per heavy atom. The van der Waals surface area contributed by atoms with Gasteiger partial charge in [0.25, 0.3) is 0 Å². The van der Waals surface area contributed by atoms with Crippen molar-refractivity contribution in [2.45, 2.75) is 26.8 Å². The highest BCUT2D eigenvalue weighted by Gasteiger charge is 2.21. The lowest BCUT2D eigenvalue weighted by molar-refractivity contribution is 0.234. The van der Waals surface area contributed by atoms with Crippen molar-refractivity contribution >= 4 is 11.8 Å². The lowest BCUT2D eigenvalue weighted by Gasteiger charge is -2.30. The molecule has 0 saturated heterocycles. The van der Waals surface area contributed by atoms with Gasteiger partial charge in [-0.1, -0.05) is 20.8 Å². The van der Waals surface area contributed by atoms with Crippen LogP contribution in [0.15, 0.2) is 0 Å². The minimum absolute atomic E-state index is 0.216. The van der Waals surface area contributed by atoms with Crippen molar-refractivity contribution < 1.29 is 0 Å². The summed E-state index contributed by atoms with van der Waals surface area (Å²) in [6, 6.07) is 0.263. The first-order valence-corrected chi connectivity index (χ1v) is 6.20. The molecule has 0 spiro atoms. The summed E-state index contributed by atoms with van der Waals surface area (Å²) in [6.45, 7) is 8.70.